The summed E-state index contributed by atoms with van der Waals surface area (Å²) in [7, 11) is 1.68. The Hall–Kier alpha value is -2.46. The Labute approximate surface area is 123 Å². The summed E-state index contributed by atoms with van der Waals surface area (Å²) in [6.07, 6.45) is 4.10. The fourth-order valence-corrected chi connectivity index (χ4v) is 2.44. The number of fused-ring (bicyclic) bond motifs is 1. The molecule has 0 saturated carbocycles. The highest BCUT2D eigenvalue weighted by molar-refractivity contribution is 5.74. The maximum absolute atomic E-state index is 6.34. The molecule has 2 N–H and O–H groups in total. The van der Waals surface area contributed by atoms with Gasteiger partial charge in [0.15, 0.2) is 0 Å². The zero-order valence-corrected chi connectivity index (χ0v) is 11.9. The fourth-order valence-electron chi connectivity index (χ4n) is 2.44. The largest absolute Gasteiger partial charge is 0.496 e. The molecule has 0 saturated heterocycles. The van der Waals surface area contributed by atoms with E-state index in [1.807, 2.05) is 42.5 Å². The van der Waals surface area contributed by atoms with E-state index in [2.05, 4.69) is 9.97 Å². The lowest BCUT2D eigenvalue weighted by Gasteiger charge is -2.15. The lowest BCUT2D eigenvalue weighted by Crippen LogP contribution is -2.14. The van der Waals surface area contributed by atoms with Gasteiger partial charge >= 0.3 is 0 Å². The number of hydrogen-bond donors (Lipinski definition) is 1. The van der Waals surface area contributed by atoms with Crippen LogP contribution in [0.2, 0.25) is 0 Å². The molecule has 3 rings (SSSR count). The Morgan fingerprint density at radius 1 is 1.05 bits per heavy atom. The molecule has 1 atom stereocenters. The number of nitrogens with zero attached hydrogens (tertiary/aromatic N) is 2. The summed E-state index contributed by atoms with van der Waals surface area (Å²) in [5.74, 6) is 0.869. The normalized spacial score (nSPS) is 12.3. The van der Waals surface area contributed by atoms with Crippen LogP contribution >= 0.6 is 0 Å². The number of methoxy groups -OCH3 is 1. The van der Waals surface area contributed by atoms with Crippen LogP contribution in [0, 0.1) is 0 Å². The summed E-state index contributed by atoms with van der Waals surface area (Å²) >= 11 is 0. The third kappa shape index (κ3) is 2.85. The van der Waals surface area contributed by atoms with Crippen LogP contribution in [0.5, 0.6) is 5.75 Å². The molecule has 4 nitrogen and oxygen atoms in total. The van der Waals surface area contributed by atoms with Gasteiger partial charge in [0.1, 0.15) is 5.75 Å². The number of para-hydroxylation sites is 1. The monoisotopic (exact) mass is 279 g/mol. The van der Waals surface area contributed by atoms with E-state index in [0.29, 0.717) is 0 Å². The summed E-state index contributed by atoms with van der Waals surface area (Å²) in [5, 5.41) is 0. The van der Waals surface area contributed by atoms with Gasteiger partial charge in [0, 0.05) is 18.4 Å². The Morgan fingerprint density at radius 2 is 1.81 bits per heavy atom. The Kier molecular flexibility index (Phi) is 3.79. The first-order chi connectivity index (χ1) is 10.3. The highest BCUT2D eigenvalue weighted by atomic mass is 16.5. The van der Waals surface area contributed by atoms with Gasteiger partial charge in [0.25, 0.3) is 0 Å². The first-order valence-electron chi connectivity index (χ1n) is 6.86. The van der Waals surface area contributed by atoms with Crippen LogP contribution in [0.3, 0.4) is 0 Å². The van der Waals surface area contributed by atoms with Crippen molar-refractivity contribution in [3.8, 4) is 5.75 Å². The van der Waals surface area contributed by atoms with E-state index in [1.54, 1.807) is 19.5 Å². The van der Waals surface area contributed by atoms with E-state index >= 15 is 0 Å². The summed E-state index contributed by atoms with van der Waals surface area (Å²) in [6.45, 7) is 0. The quantitative estimate of drug-likeness (QED) is 0.797. The zero-order chi connectivity index (χ0) is 14.7. The van der Waals surface area contributed by atoms with E-state index in [0.717, 1.165) is 34.3 Å². The van der Waals surface area contributed by atoms with Crippen molar-refractivity contribution in [1.82, 2.24) is 9.97 Å². The molecule has 1 aromatic heterocycles. The number of hydrogen-bond acceptors (Lipinski definition) is 4. The van der Waals surface area contributed by atoms with Crippen LogP contribution in [0.15, 0.2) is 54.9 Å². The molecular formula is C17H17N3O. The molecule has 21 heavy (non-hydrogen) atoms. The molecule has 3 aromatic rings. The second-order valence-electron chi connectivity index (χ2n) is 4.93. The maximum atomic E-state index is 6.34. The average molecular weight is 279 g/mol. The van der Waals surface area contributed by atoms with Gasteiger partial charge in [-0.05, 0) is 35.7 Å². The fraction of sp³-hybridized carbons (Fsp3) is 0.176. The van der Waals surface area contributed by atoms with Gasteiger partial charge in [-0.2, -0.15) is 0 Å². The Bertz CT molecular complexity index is 758. The van der Waals surface area contributed by atoms with Crippen LogP contribution in [0.4, 0.5) is 0 Å². The molecule has 0 amide bonds. The second kappa shape index (κ2) is 5.89. The summed E-state index contributed by atoms with van der Waals surface area (Å²) in [5.41, 5.74) is 10.2. The molecule has 4 heteroatoms. The van der Waals surface area contributed by atoms with Gasteiger partial charge < -0.3 is 10.5 Å². The molecule has 1 heterocycles. The molecule has 106 valence electrons. The minimum absolute atomic E-state index is 0.104. The lowest BCUT2D eigenvalue weighted by atomic mass is 9.98. The van der Waals surface area contributed by atoms with Crippen LogP contribution < -0.4 is 10.5 Å². The van der Waals surface area contributed by atoms with Crippen LogP contribution in [-0.2, 0) is 6.42 Å². The van der Waals surface area contributed by atoms with Crippen molar-refractivity contribution < 1.29 is 4.74 Å². The van der Waals surface area contributed by atoms with Crippen molar-refractivity contribution in [3.05, 3.63) is 66.0 Å². The van der Waals surface area contributed by atoms with E-state index in [9.17, 15) is 0 Å². The minimum Gasteiger partial charge on any atom is -0.496 e. The van der Waals surface area contributed by atoms with Gasteiger partial charge in [-0.1, -0.05) is 24.3 Å². The molecule has 0 fully saturated rings. The van der Waals surface area contributed by atoms with E-state index in [1.165, 1.54) is 0 Å². The van der Waals surface area contributed by atoms with Gasteiger partial charge in [0.05, 0.1) is 18.1 Å². The molecule has 0 spiro atoms. The molecule has 1 unspecified atom stereocenters. The first-order valence-corrected chi connectivity index (χ1v) is 6.86. The van der Waals surface area contributed by atoms with Crippen molar-refractivity contribution in [3.63, 3.8) is 0 Å². The number of aromatic nitrogens is 2. The predicted octanol–water partition coefficient (Wildman–Crippen LogP) is 2.88. The standard InChI is InChI=1S/C17H17N3O/c1-21-17-5-3-2-4-13(17)10-14(18)12-6-7-15-16(11-12)20-9-8-19-15/h2-9,11,14H,10,18H2,1H3. The van der Waals surface area contributed by atoms with Gasteiger partial charge in [0.2, 0.25) is 0 Å². The van der Waals surface area contributed by atoms with E-state index in [-0.39, 0.29) is 6.04 Å². The van der Waals surface area contributed by atoms with E-state index < -0.39 is 0 Å². The molecule has 0 radical (unpaired) electrons. The van der Waals surface area contributed by atoms with Gasteiger partial charge in [-0.15, -0.1) is 0 Å². The first kappa shape index (κ1) is 13.5. The second-order valence-corrected chi connectivity index (χ2v) is 4.93. The molecule has 0 aliphatic carbocycles. The molecular weight excluding hydrogens is 262 g/mol. The maximum Gasteiger partial charge on any atom is 0.122 e. The van der Waals surface area contributed by atoms with Crippen LogP contribution in [0.25, 0.3) is 11.0 Å². The minimum atomic E-state index is -0.104. The summed E-state index contributed by atoms with van der Waals surface area (Å²) in [6, 6.07) is 13.8. The summed E-state index contributed by atoms with van der Waals surface area (Å²) in [4.78, 5) is 8.59. The number of benzene rings is 2. The van der Waals surface area contributed by atoms with Crippen molar-refractivity contribution in [2.45, 2.75) is 12.5 Å². The zero-order valence-electron chi connectivity index (χ0n) is 11.9. The highest BCUT2D eigenvalue weighted by Crippen LogP contribution is 2.24. The Balaban J connectivity index is 1.88. The number of nitrogens with two attached hydrogens (primary N) is 1. The molecule has 2 aromatic carbocycles. The van der Waals surface area contributed by atoms with Gasteiger partial charge in [-0.25, -0.2) is 0 Å². The molecule has 0 aliphatic heterocycles. The van der Waals surface area contributed by atoms with E-state index in [4.69, 9.17) is 10.5 Å². The SMILES string of the molecule is COc1ccccc1CC(N)c1ccc2nccnc2c1. The highest BCUT2D eigenvalue weighted by Gasteiger charge is 2.11. The van der Waals surface area contributed by atoms with Crippen molar-refractivity contribution >= 4 is 11.0 Å². The topological polar surface area (TPSA) is 61.0 Å². The molecule has 0 bridgehead atoms. The molecule has 0 aliphatic rings. The number of ether oxygens (including phenoxy) is 1. The third-order valence-electron chi connectivity index (χ3n) is 3.55. The third-order valence-corrected chi connectivity index (χ3v) is 3.55. The van der Waals surface area contributed by atoms with Crippen molar-refractivity contribution in [2.24, 2.45) is 5.73 Å². The van der Waals surface area contributed by atoms with Crippen LogP contribution in [-0.4, -0.2) is 17.1 Å². The van der Waals surface area contributed by atoms with Crippen molar-refractivity contribution in [2.75, 3.05) is 7.11 Å². The summed E-state index contributed by atoms with van der Waals surface area (Å²) < 4.78 is 5.37. The average Bonchev–Trinajstić information content (AvgIpc) is 2.55. The smallest absolute Gasteiger partial charge is 0.122 e. The van der Waals surface area contributed by atoms with Gasteiger partial charge in [-0.3, -0.25) is 9.97 Å². The number of rotatable bonds is 4. The lowest BCUT2D eigenvalue weighted by molar-refractivity contribution is 0.408. The Morgan fingerprint density at radius 3 is 2.62 bits per heavy atom. The van der Waals surface area contributed by atoms with Crippen LogP contribution in [0.1, 0.15) is 17.2 Å². The predicted molar refractivity (Wildman–Crippen MR) is 83.2 cm³/mol. The van der Waals surface area contributed by atoms with Crippen molar-refractivity contribution in [1.29, 1.82) is 0 Å².